The van der Waals surface area contributed by atoms with Crippen LogP contribution < -0.4 is 26.4 Å². The third-order valence-electron chi connectivity index (χ3n) is 8.71. The summed E-state index contributed by atoms with van der Waals surface area (Å²) in [6.45, 7) is 0.349. The van der Waals surface area contributed by atoms with Gasteiger partial charge in [-0.1, -0.05) is 0 Å². The molecule has 0 unspecified atom stereocenters. The minimum atomic E-state index is -7.22. The number of ether oxygens (including phenoxy) is 2. The Morgan fingerprint density at radius 3 is 0.855 bits per heavy atom. The van der Waals surface area contributed by atoms with E-state index in [4.69, 9.17) is 0 Å². The van der Waals surface area contributed by atoms with Gasteiger partial charge in [-0.05, 0) is 0 Å². The third kappa shape index (κ3) is 7.62. The van der Waals surface area contributed by atoms with Crippen molar-refractivity contribution in [1.82, 2.24) is 4.98 Å². The molecule has 0 amide bonds. The number of hydrogen-bond acceptors (Lipinski definition) is 5. The average molecular weight is 916 g/mol. The van der Waals surface area contributed by atoms with E-state index in [-0.39, 0.29) is 5.57 Å². The molecule has 0 fully saturated rings. The second-order valence-electron chi connectivity index (χ2n) is 11.8. The molecule has 6 nitrogen and oxygen atoms in total. The number of methoxy groups -OCH3 is 2. The number of halogens is 20. The number of aromatic nitrogens is 2. The van der Waals surface area contributed by atoms with E-state index in [9.17, 15) is 62.3 Å². The fourth-order valence-electron chi connectivity index (χ4n) is 6.01. The first-order valence-corrected chi connectivity index (χ1v) is 15.8. The molecule has 0 spiro atoms. The van der Waals surface area contributed by atoms with Crippen LogP contribution in [0.3, 0.4) is 0 Å². The molecular weight excluding hydrogens is 903 g/mol. The molecule has 0 atom stereocenters. The molecule has 0 saturated heterocycles. The van der Waals surface area contributed by atoms with E-state index in [1.807, 2.05) is 0 Å². The summed E-state index contributed by atoms with van der Waals surface area (Å²) in [7, 11) is 2.41. The van der Waals surface area contributed by atoms with E-state index in [2.05, 4.69) is 14.5 Å². The number of nitrogens with zero attached hydrogens (tertiary/aromatic N) is 2. The number of esters is 2. The first kappa shape index (κ1) is 48.0. The Morgan fingerprint density at radius 1 is 0.435 bits per heavy atom. The van der Waals surface area contributed by atoms with Crippen LogP contribution in [-0.4, -0.2) is 37.3 Å². The molecule has 1 heterocycles. The van der Waals surface area contributed by atoms with Crippen LogP contribution in [0.2, 0.25) is 0 Å². The van der Waals surface area contributed by atoms with Gasteiger partial charge in [0.25, 0.3) is 0 Å². The topological polar surface area (TPSA) is 69.4 Å². The van der Waals surface area contributed by atoms with Crippen LogP contribution in [0.5, 0.6) is 0 Å². The van der Waals surface area contributed by atoms with Gasteiger partial charge in [0.05, 0.1) is 26.6 Å². The van der Waals surface area contributed by atoms with E-state index in [0.717, 1.165) is 0 Å². The van der Waals surface area contributed by atoms with Gasteiger partial charge in [-0.3, -0.25) is 4.98 Å². The fraction of sp³-hybridized carbons (Fsp3) is 0.0857. The zero-order valence-corrected chi connectivity index (χ0v) is 29.8. The molecule has 27 heteroatoms. The number of benzene rings is 4. The highest BCUT2D eigenvalue weighted by Gasteiger charge is 2.52. The lowest BCUT2D eigenvalue weighted by Crippen LogP contribution is -2.81. The van der Waals surface area contributed by atoms with Crippen LogP contribution in [0, 0.1) is 116 Å². The van der Waals surface area contributed by atoms with Crippen LogP contribution in [0.25, 0.3) is 0 Å². The summed E-state index contributed by atoms with van der Waals surface area (Å²) in [6, 6.07) is 0. The quantitative estimate of drug-likeness (QED) is 0.0238. The van der Waals surface area contributed by atoms with E-state index < -0.39 is 156 Å². The van der Waals surface area contributed by atoms with Crippen molar-refractivity contribution < 1.29 is 111 Å². The molecule has 0 N–H and O–H groups in total. The highest BCUT2D eigenvalue weighted by Crippen LogP contribution is 2.30. The normalized spacial score (nSPS) is 11.3. The van der Waals surface area contributed by atoms with Crippen molar-refractivity contribution in [2.24, 2.45) is 0 Å². The molecule has 5 aromatic rings. The predicted molar refractivity (Wildman–Crippen MR) is 166 cm³/mol. The van der Waals surface area contributed by atoms with Crippen molar-refractivity contribution in [3.05, 3.63) is 153 Å². The van der Waals surface area contributed by atoms with Crippen molar-refractivity contribution in [1.29, 1.82) is 0 Å². The lowest BCUT2D eigenvalue weighted by Gasteiger charge is -2.44. The molecule has 0 aliphatic heterocycles. The van der Waals surface area contributed by atoms with Gasteiger partial charge in [0.1, 0.15) is 58.3 Å². The van der Waals surface area contributed by atoms with Crippen LogP contribution in [0.4, 0.5) is 87.8 Å². The zero-order chi connectivity index (χ0) is 47.0. The third-order valence-corrected chi connectivity index (χ3v) is 8.71. The van der Waals surface area contributed by atoms with Crippen LogP contribution in [0.1, 0.15) is 0 Å². The van der Waals surface area contributed by atoms with Crippen molar-refractivity contribution in [3.63, 3.8) is 0 Å². The Kier molecular flexibility index (Phi) is 14.0. The minimum Gasteiger partial charge on any atom is -0.465 e. The van der Waals surface area contributed by atoms with Crippen LogP contribution >= 0.6 is 0 Å². The molecule has 330 valence electrons. The van der Waals surface area contributed by atoms with Gasteiger partial charge < -0.3 is 9.47 Å². The predicted octanol–water partition coefficient (Wildman–Crippen LogP) is 5.49. The molecule has 1 aromatic heterocycles. The second-order valence-corrected chi connectivity index (χ2v) is 11.8. The monoisotopic (exact) mass is 916 g/mol. The molecule has 4 aromatic carbocycles. The van der Waals surface area contributed by atoms with Crippen molar-refractivity contribution in [2.45, 2.75) is 6.54 Å². The maximum absolute atomic E-state index is 15.4. The van der Waals surface area contributed by atoms with Gasteiger partial charge in [0.2, 0.25) is 0 Å². The van der Waals surface area contributed by atoms with Crippen LogP contribution in [0.15, 0.2) is 36.4 Å². The smallest absolute Gasteiger partial charge is 0.345 e. The summed E-state index contributed by atoms with van der Waals surface area (Å²) in [5.74, 6) is -72.8. The Hall–Kier alpha value is -6.70. The molecule has 5 rings (SSSR count). The van der Waals surface area contributed by atoms with Crippen molar-refractivity contribution in [3.8, 4) is 0 Å². The summed E-state index contributed by atoms with van der Waals surface area (Å²) >= 11 is 0. The lowest BCUT2D eigenvalue weighted by atomic mass is 9.12. The Bertz CT molecular complexity index is 2280. The molecule has 0 aliphatic rings. The molecule has 0 aliphatic carbocycles. The average Bonchev–Trinajstić information content (AvgIpc) is 3.26. The highest BCUT2D eigenvalue weighted by atomic mass is 19.2. The number of carbonyl (C=O) groups excluding carboxylic acids is 2. The molecule has 62 heavy (non-hydrogen) atoms. The van der Waals surface area contributed by atoms with Gasteiger partial charge in [-0.2, -0.15) is 4.57 Å². The maximum atomic E-state index is 15.4. The summed E-state index contributed by atoms with van der Waals surface area (Å²) in [6.07, 6.45) is 0.849. The fourth-order valence-corrected chi connectivity index (χ4v) is 6.01. The van der Waals surface area contributed by atoms with Gasteiger partial charge >= 0.3 is 11.9 Å². The van der Waals surface area contributed by atoms with Crippen molar-refractivity contribution in [2.75, 3.05) is 14.2 Å². The Labute approximate surface area is 330 Å². The zero-order valence-electron chi connectivity index (χ0n) is 29.8. The maximum Gasteiger partial charge on any atom is 0.345 e. The Morgan fingerprint density at radius 2 is 0.645 bits per heavy atom. The summed E-state index contributed by atoms with van der Waals surface area (Å²) in [5, 5.41) is 0. The first-order chi connectivity index (χ1) is 28.9. The summed E-state index contributed by atoms with van der Waals surface area (Å²) < 4.78 is 305. The molecule has 0 saturated carbocycles. The SMILES string of the molecule is COC(=O)C(=CC[n+]1ccncc1)C(=O)OC.Fc1c(F)c(F)c([B-](c2c(F)c(F)c(F)c(F)c2F)(c2c(F)c(F)c(F)c(F)c2F)c2c(F)c(F)c(F)c(F)c2F)c(F)c1F. The highest BCUT2D eigenvalue weighted by molar-refractivity contribution is 7.20. The number of hydrogen-bond donors (Lipinski definition) is 0. The number of allylic oxidation sites excluding steroid dienone is 1. The van der Waals surface area contributed by atoms with E-state index in [0.29, 0.717) is 6.54 Å². The van der Waals surface area contributed by atoms with Gasteiger partial charge in [0.15, 0.2) is 88.7 Å². The first-order valence-electron chi connectivity index (χ1n) is 15.8. The van der Waals surface area contributed by atoms with Crippen LogP contribution in [-0.2, 0) is 25.6 Å². The lowest BCUT2D eigenvalue weighted by molar-refractivity contribution is -0.687. The summed E-state index contributed by atoms with van der Waals surface area (Å²) in [5.41, 5.74) is -14.5. The minimum absolute atomic E-state index is 0.126. The van der Waals surface area contributed by atoms with Crippen molar-refractivity contribution >= 4 is 39.9 Å². The number of rotatable bonds is 8. The van der Waals surface area contributed by atoms with E-state index in [1.54, 1.807) is 29.4 Å². The van der Waals surface area contributed by atoms with E-state index in [1.165, 1.54) is 20.3 Å². The van der Waals surface area contributed by atoms with Gasteiger partial charge in [-0.15, -0.1) is 21.9 Å². The largest absolute Gasteiger partial charge is 0.465 e. The van der Waals surface area contributed by atoms with E-state index >= 15 is 35.1 Å². The molecule has 0 radical (unpaired) electrons. The Balaban J connectivity index is 0.000000416. The standard InChI is InChI=1S/C24BF20.C11H13N2O4/c26-5-1(6(27)14(35)21(42)13(5)34)25(2-7(28)15(36)22(43)16(37)8(2)29,3-9(30)17(38)23(44)18(39)10(3)31)4-11(32)19(40)24(45)20(41)12(4)33;1-16-10(14)9(11(15)17-2)3-6-13-7-4-12-5-8-13/h;3-5,7-8H,6H2,1-2H3/q-1;+1. The molecular formula is C35H13BF20N2O4. The van der Waals surface area contributed by atoms with Gasteiger partial charge in [-0.25, -0.2) is 97.4 Å². The number of carbonyl (C=O) groups is 2. The second kappa shape index (κ2) is 18.1. The van der Waals surface area contributed by atoms with Gasteiger partial charge in [0, 0.05) is 6.08 Å². The summed E-state index contributed by atoms with van der Waals surface area (Å²) in [4.78, 5) is 26.5. The molecule has 0 bridgehead atoms.